The Hall–Kier alpha value is -1.44. The van der Waals surface area contributed by atoms with E-state index in [0.29, 0.717) is 24.6 Å². The number of benzene rings is 1. The molecule has 2 saturated heterocycles. The highest BCUT2D eigenvalue weighted by molar-refractivity contribution is 7.89. The van der Waals surface area contributed by atoms with Crippen LogP contribution in [-0.4, -0.2) is 74.2 Å². The molecule has 0 saturated carbocycles. The van der Waals surface area contributed by atoms with Gasteiger partial charge in [0.05, 0.1) is 4.90 Å². The Morgan fingerprint density at radius 2 is 1.73 bits per heavy atom. The summed E-state index contributed by atoms with van der Waals surface area (Å²) in [5, 5.41) is 0. The Morgan fingerprint density at radius 1 is 1.08 bits per heavy atom. The zero-order valence-corrected chi connectivity index (χ0v) is 16.5. The van der Waals surface area contributed by atoms with Gasteiger partial charge in [-0.1, -0.05) is 13.8 Å². The number of sulfonamides is 1. The van der Waals surface area contributed by atoms with Gasteiger partial charge in [0.1, 0.15) is 0 Å². The second kappa shape index (κ2) is 8.06. The number of likely N-dealkylation sites (N-methyl/N-ethyl adjacent to an activating group) is 1. The number of carbonyl (C=O) groups is 1. The summed E-state index contributed by atoms with van der Waals surface area (Å²) < 4.78 is 27.2. The number of piperazine rings is 1. The Bertz CT molecular complexity index is 725. The molecule has 2 aliphatic rings. The van der Waals surface area contributed by atoms with Crippen LogP contribution in [0.5, 0.6) is 0 Å². The summed E-state index contributed by atoms with van der Waals surface area (Å²) in [7, 11) is -3.47. The first-order valence-corrected chi connectivity index (χ1v) is 11.0. The smallest absolute Gasteiger partial charge is 0.253 e. The molecule has 1 aromatic carbocycles. The van der Waals surface area contributed by atoms with E-state index in [1.807, 2.05) is 4.90 Å². The van der Waals surface area contributed by atoms with Crippen LogP contribution in [0.3, 0.4) is 0 Å². The van der Waals surface area contributed by atoms with E-state index in [1.165, 1.54) is 0 Å². The molecule has 0 N–H and O–H groups in total. The maximum absolute atomic E-state index is 12.8. The lowest BCUT2D eigenvalue weighted by Crippen LogP contribution is -2.48. The molecule has 2 aliphatic heterocycles. The largest absolute Gasteiger partial charge is 0.336 e. The average molecular weight is 380 g/mol. The first-order valence-electron chi connectivity index (χ1n) is 9.53. The Morgan fingerprint density at radius 3 is 2.31 bits per heavy atom. The number of carbonyl (C=O) groups excluding carboxylic acids is 1. The summed E-state index contributed by atoms with van der Waals surface area (Å²) in [4.78, 5) is 17.1. The molecule has 3 rings (SSSR count). The van der Waals surface area contributed by atoms with Gasteiger partial charge in [-0.3, -0.25) is 4.79 Å². The number of hydrogen-bond donors (Lipinski definition) is 0. The molecule has 26 heavy (non-hydrogen) atoms. The third-order valence-corrected chi connectivity index (χ3v) is 7.34. The van der Waals surface area contributed by atoms with Crippen molar-refractivity contribution in [1.82, 2.24) is 14.1 Å². The minimum atomic E-state index is -3.47. The predicted molar refractivity (Wildman–Crippen MR) is 102 cm³/mol. The summed E-state index contributed by atoms with van der Waals surface area (Å²) in [6.07, 6.45) is 1.98. The first-order chi connectivity index (χ1) is 12.4. The van der Waals surface area contributed by atoms with Crippen molar-refractivity contribution in [2.75, 3.05) is 45.8 Å². The molecule has 0 aliphatic carbocycles. The van der Waals surface area contributed by atoms with Crippen molar-refractivity contribution in [2.24, 2.45) is 5.92 Å². The molecular formula is C19H29N3O3S. The molecule has 1 amide bonds. The third kappa shape index (κ3) is 4.10. The SMILES string of the molecule is CCN1CCN(C(=O)c2ccc(S(=O)(=O)N3CCCC(C)C3)cc2)CC1. The van der Waals surface area contributed by atoms with Crippen LogP contribution in [0.1, 0.15) is 37.0 Å². The van der Waals surface area contributed by atoms with Gasteiger partial charge in [-0.15, -0.1) is 0 Å². The third-order valence-electron chi connectivity index (χ3n) is 5.47. The van der Waals surface area contributed by atoms with E-state index in [2.05, 4.69) is 18.7 Å². The molecule has 2 heterocycles. The highest BCUT2D eigenvalue weighted by Crippen LogP contribution is 2.24. The van der Waals surface area contributed by atoms with Crippen LogP contribution >= 0.6 is 0 Å². The van der Waals surface area contributed by atoms with E-state index in [4.69, 9.17) is 0 Å². The molecule has 1 unspecified atom stereocenters. The lowest BCUT2D eigenvalue weighted by atomic mass is 10.0. The van der Waals surface area contributed by atoms with Crippen molar-refractivity contribution >= 4 is 15.9 Å². The van der Waals surface area contributed by atoms with Gasteiger partial charge in [0.25, 0.3) is 5.91 Å². The van der Waals surface area contributed by atoms with Gasteiger partial charge in [0.2, 0.25) is 10.0 Å². The van der Waals surface area contributed by atoms with Crippen LogP contribution in [0, 0.1) is 5.92 Å². The average Bonchev–Trinajstić information content (AvgIpc) is 2.67. The van der Waals surface area contributed by atoms with Crippen LogP contribution in [0.25, 0.3) is 0 Å². The molecule has 6 nitrogen and oxygen atoms in total. The molecule has 0 radical (unpaired) electrons. The summed E-state index contributed by atoms with van der Waals surface area (Å²) in [5.41, 5.74) is 0.556. The summed E-state index contributed by atoms with van der Waals surface area (Å²) >= 11 is 0. The quantitative estimate of drug-likeness (QED) is 0.801. The molecule has 0 spiro atoms. The Balaban J connectivity index is 1.69. The van der Waals surface area contributed by atoms with E-state index in [-0.39, 0.29) is 10.8 Å². The summed E-state index contributed by atoms with van der Waals surface area (Å²) in [6, 6.07) is 6.44. The standard InChI is InChI=1S/C19H29N3O3S/c1-3-20-11-13-21(14-12-20)19(23)17-6-8-18(9-7-17)26(24,25)22-10-4-5-16(2)15-22/h6-9,16H,3-5,10-15H2,1-2H3. The van der Waals surface area contributed by atoms with Crippen molar-refractivity contribution in [3.63, 3.8) is 0 Å². The summed E-state index contributed by atoms with van der Waals surface area (Å²) in [5.74, 6) is 0.373. The van der Waals surface area contributed by atoms with Crippen LogP contribution in [0.2, 0.25) is 0 Å². The maximum Gasteiger partial charge on any atom is 0.253 e. The van der Waals surface area contributed by atoms with Crippen molar-refractivity contribution in [3.8, 4) is 0 Å². The van der Waals surface area contributed by atoms with Gasteiger partial charge in [-0.25, -0.2) is 8.42 Å². The monoisotopic (exact) mass is 379 g/mol. The number of amides is 1. The van der Waals surface area contributed by atoms with Crippen LogP contribution in [0.4, 0.5) is 0 Å². The minimum Gasteiger partial charge on any atom is -0.336 e. The van der Waals surface area contributed by atoms with E-state index in [1.54, 1.807) is 28.6 Å². The molecule has 0 bridgehead atoms. The van der Waals surface area contributed by atoms with Crippen molar-refractivity contribution in [2.45, 2.75) is 31.6 Å². The van der Waals surface area contributed by atoms with Gasteiger partial charge < -0.3 is 9.80 Å². The number of rotatable bonds is 4. The Kier molecular flexibility index (Phi) is 5.99. The number of piperidine rings is 1. The number of hydrogen-bond acceptors (Lipinski definition) is 4. The fourth-order valence-corrected chi connectivity index (χ4v) is 5.33. The number of nitrogens with zero attached hydrogens (tertiary/aromatic N) is 3. The highest BCUT2D eigenvalue weighted by Gasteiger charge is 2.29. The van der Waals surface area contributed by atoms with Crippen molar-refractivity contribution in [1.29, 1.82) is 0 Å². The molecule has 1 atom stereocenters. The molecule has 0 aromatic heterocycles. The minimum absolute atomic E-state index is 0.0173. The van der Waals surface area contributed by atoms with Gasteiger partial charge in [0.15, 0.2) is 0 Å². The van der Waals surface area contributed by atoms with Gasteiger partial charge in [0, 0.05) is 44.8 Å². The lowest BCUT2D eigenvalue weighted by Gasteiger charge is -2.34. The second-order valence-corrected chi connectivity index (χ2v) is 9.30. The second-order valence-electron chi connectivity index (χ2n) is 7.36. The van der Waals surface area contributed by atoms with E-state index >= 15 is 0 Å². The van der Waals surface area contributed by atoms with E-state index in [9.17, 15) is 13.2 Å². The zero-order chi connectivity index (χ0) is 18.7. The van der Waals surface area contributed by atoms with E-state index in [0.717, 1.165) is 45.6 Å². The molecule has 144 valence electrons. The normalized spacial score (nSPS) is 23.2. The van der Waals surface area contributed by atoms with Crippen LogP contribution in [0.15, 0.2) is 29.2 Å². The first kappa shape index (κ1) is 19.3. The molecule has 2 fully saturated rings. The lowest BCUT2D eigenvalue weighted by molar-refractivity contribution is 0.0643. The van der Waals surface area contributed by atoms with Gasteiger partial charge in [-0.2, -0.15) is 4.31 Å². The highest BCUT2D eigenvalue weighted by atomic mass is 32.2. The fourth-order valence-electron chi connectivity index (χ4n) is 3.73. The zero-order valence-electron chi connectivity index (χ0n) is 15.7. The molecular weight excluding hydrogens is 350 g/mol. The van der Waals surface area contributed by atoms with Gasteiger partial charge in [-0.05, 0) is 49.6 Å². The predicted octanol–water partition coefficient (Wildman–Crippen LogP) is 1.88. The topological polar surface area (TPSA) is 60.9 Å². The van der Waals surface area contributed by atoms with Crippen molar-refractivity contribution < 1.29 is 13.2 Å². The van der Waals surface area contributed by atoms with E-state index < -0.39 is 10.0 Å². The fraction of sp³-hybridized carbons (Fsp3) is 0.632. The van der Waals surface area contributed by atoms with Crippen LogP contribution < -0.4 is 0 Å². The Labute approximate surface area is 156 Å². The summed E-state index contributed by atoms with van der Waals surface area (Å²) in [6.45, 7) is 9.59. The molecule has 1 aromatic rings. The maximum atomic E-state index is 12.8. The van der Waals surface area contributed by atoms with Crippen LogP contribution in [-0.2, 0) is 10.0 Å². The molecule has 7 heteroatoms. The van der Waals surface area contributed by atoms with Crippen molar-refractivity contribution in [3.05, 3.63) is 29.8 Å². The van der Waals surface area contributed by atoms with Gasteiger partial charge >= 0.3 is 0 Å².